The number of phosphoric ester groups is 1. The van der Waals surface area contributed by atoms with Crippen molar-refractivity contribution >= 4 is 19.8 Å². The van der Waals surface area contributed by atoms with Gasteiger partial charge in [0.1, 0.15) is 6.61 Å². The summed E-state index contributed by atoms with van der Waals surface area (Å²) in [7, 11) is -4.42. The summed E-state index contributed by atoms with van der Waals surface area (Å²) in [4.78, 5) is 34.8. The second-order valence-electron chi connectivity index (χ2n) is 13.1. The predicted molar refractivity (Wildman–Crippen MR) is 237 cm³/mol. The maximum atomic E-state index is 12.5. The van der Waals surface area contributed by atoms with Crippen LogP contribution in [0.25, 0.3) is 0 Å². The van der Waals surface area contributed by atoms with Crippen molar-refractivity contribution < 1.29 is 37.6 Å². The summed E-state index contributed by atoms with van der Waals surface area (Å²) in [6.45, 7) is 3.40. The first-order valence-corrected chi connectivity index (χ1v) is 22.5. The van der Waals surface area contributed by atoms with Gasteiger partial charge in [0.05, 0.1) is 13.2 Å². The molecule has 57 heavy (non-hydrogen) atoms. The van der Waals surface area contributed by atoms with Crippen molar-refractivity contribution in [3.63, 3.8) is 0 Å². The van der Waals surface area contributed by atoms with E-state index >= 15 is 0 Å². The summed E-state index contributed by atoms with van der Waals surface area (Å²) >= 11 is 0. The second-order valence-corrected chi connectivity index (χ2v) is 14.6. The number of unbranched alkanes of at least 4 members (excludes halogenated alkanes) is 4. The molecule has 0 fully saturated rings. The standard InChI is InChI=1S/C47H74NO8P/c1-3-5-7-9-11-13-15-17-19-21-22-24-25-27-29-31-33-35-37-39-46(49)53-43-45(44-55-57(51,52)54-42-41-48)56-47(50)40-38-36-34-32-30-28-26-23-20-18-16-14-12-10-8-6-4-2/h5,7,11-14,17-20,22,24,26-29,32-35,45H,3-4,6,8-10,15-16,21,23,25,30-31,36-44,48H2,1-2H3,(H,51,52)/b7-5-,13-11-,14-12-,19-17-,20-18-,24-22-,28-26-,29-27-,34-32-,35-33-/t45-/m1/s1. The third-order valence-corrected chi connectivity index (χ3v) is 8.83. The van der Waals surface area contributed by atoms with Crippen LogP contribution in [0.4, 0.5) is 0 Å². The highest BCUT2D eigenvalue weighted by Gasteiger charge is 2.25. The molecule has 3 N–H and O–H groups in total. The molecule has 0 radical (unpaired) electrons. The molecule has 0 saturated heterocycles. The molecule has 9 nitrogen and oxygen atoms in total. The van der Waals surface area contributed by atoms with Crippen LogP contribution < -0.4 is 5.73 Å². The first-order chi connectivity index (χ1) is 27.8. The number of hydrogen-bond donors (Lipinski definition) is 2. The first-order valence-electron chi connectivity index (χ1n) is 21.0. The largest absolute Gasteiger partial charge is 0.472 e. The summed E-state index contributed by atoms with van der Waals surface area (Å²) < 4.78 is 32.6. The molecule has 0 amide bonds. The summed E-state index contributed by atoms with van der Waals surface area (Å²) in [6, 6.07) is 0. The highest BCUT2D eigenvalue weighted by Crippen LogP contribution is 2.43. The fourth-order valence-electron chi connectivity index (χ4n) is 4.77. The lowest BCUT2D eigenvalue weighted by atomic mass is 10.2. The minimum Gasteiger partial charge on any atom is -0.462 e. The Morgan fingerprint density at radius 2 is 0.982 bits per heavy atom. The lowest BCUT2D eigenvalue weighted by Gasteiger charge is -2.19. The molecule has 320 valence electrons. The van der Waals surface area contributed by atoms with Crippen LogP contribution in [0.5, 0.6) is 0 Å². The van der Waals surface area contributed by atoms with Gasteiger partial charge in [-0.2, -0.15) is 0 Å². The van der Waals surface area contributed by atoms with E-state index in [0.29, 0.717) is 19.3 Å². The van der Waals surface area contributed by atoms with Crippen molar-refractivity contribution in [1.29, 1.82) is 0 Å². The smallest absolute Gasteiger partial charge is 0.462 e. The van der Waals surface area contributed by atoms with Gasteiger partial charge in [0.2, 0.25) is 0 Å². The van der Waals surface area contributed by atoms with Gasteiger partial charge >= 0.3 is 19.8 Å². The number of ether oxygens (including phenoxy) is 2. The van der Waals surface area contributed by atoms with Gasteiger partial charge in [0.25, 0.3) is 0 Å². The van der Waals surface area contributed by atoms with Gasteiger partial charge in [-0.3, -0.25) is 18.6 Å². The molecule has 0 saturated carbocycles. The summed E-state index contributed by atoms with van der Waals surface area (Å²) in [5.74, 6) is -1.01. The molecule has 0 aromatic heterocycles. The van der Waals surface area contributed by atoms with Crippen LogP contribution in [0.15, 0.2) is 122 Å². The number of nitrogens with two attached hydrogens (primary N) is 1. The zero-order chi connectivity index (χ0) is 41.8. The summed E-state index contributed by atoms with van der Waals surface area (Å²) in [5.41, 5.74) is 5.33. The second kappa shape index (κ2) is 42.0. The molecule has 0 spiro atoms. The van der Waals surface area contributed by atoms with Gasteiger partial charge in [0, 0.05) is 19.4 Å². The third kappa shape index (κ3) is 41.9. The lowest BCUT2D eigenvalue weighted by molar-refractivity contribution is -0.161. The van der Waals surface area contributed by atoms with E-state index in [4.69, 9.17) is 24.3 Å². The Morgan fingerprint density at radius 1 is 0.544 bits per heavy atom. The van der Waals surface area contributed by atoms with Crippen LogP contribution in [0, 0.1) is 0 Å². The van der Waals surface area contributed by atoms with Crippen LogP contribution in [-0.2, 0) is 32.7 Å². The molecule has 1 unspecified atom stereocenters. The molecule has 0 aliphatic carbocycles. The zero-order valence-corrected chi connectivity index (χ0v) is 35.9. The number of phosphoric acid groups is 1. The summed E-state index contributed by atoms with van der Waals surface area (Å²) in [6.07, 6.45) is 56.8. The Kier molecular flexibility index (Phi) is 39.4. The van der Waals surface area contributed by atoms with E-state index in [1.54, 1.807) is 0 Å². The van der Waals surface area contributed by atoms with E-state index < -0.39 is 32.5 Å². The molecule has 2 atom stereocenters. The highest BCUT2D eigenvalue weighted by molar-refractivity contribution is 7.47. The Labute approximate surface area is 345 Å². The quantitative estimate of drug-likeness (QED) is 0.0272. The lowest BCUT2D eigenvalue weighted by Crippen LogP contribution is -2.29. The summed E-state index contributed by atoms with van der Waals surface area (Å²) in [5, 5.41) is 0. The number of allylic oxidation sites excluding steroid dienone is 20. The molecular formula is C47H74NO8P. The van der Waals surface area contributed by atoms with Crippen molar-refractivity contribution in [1.82, 2.24) is 0 Å². The number of carbonyl (C=O) groups excluding carboxylic acids is 2. The van der Waals surface area contributed by atoms with Gasteiger partial charge in [-0.25, -0.2) is 4.57 Å². The maximum Gasteiger partial charge on any atom is 0.472 e. The van der Waals surface area contributed by atoms with Crippen LogP contribution in [0.3, 0.4) is 0 Å². The van der Waals surface area contributed by atoms with Crippen LogP contribution in [0.2, 0.25) is 0 Å². The highest BCUT2D eigenvalue weighted by atomic mass is 31.2. The van der Waals surface area contributed by atoms with Crippen LogP contribution in [0.1, 0.15) is 129 Å². The van der Waals surface area contributed by atoms with E-state index in [2.05, 4.69) is 117 Å². The molecule has 0 heterocycles. The molecule has 0 aliphatic rings. The Hall–Kier alpha value is -3.59. The van der Waals surface area contributed by atoms with Crippen molar-refractivity contribution in [3.8, 4) is 0 Å². The first kappa shape index (κ1) is 53.4. The molecule has 0 aromatic carbocycles. The predicted octanol–water partition coefficient (Wildman–Crippen LogP) is 12.2. The van der Waals surface area contributed by atoms with Gasteiger partial charge in [-0.15, -0.1) is 0 Å². The third-order valence-electron chi connectivity index (χ3n) is 7.85. The van der Waals surface area contributed by atoms with E-state index in [1.807, 2.05) is 18.2 Å². The van der Waals surface area contributed by atoms with Crippen LogP contribution >= 0.6 is 7.82 Å². The molecular weight excluding hydrogens is 737 g/mol. The van der Waals surface area contributed by atoms with Gasteiger partial charge < -0.3 is 20.1 Å². The van der Waals surface area contributed by atoms with E-state index in [1.165, 1.54) is 19.3 Å². The van der Waals surface area contributed by atoms with Gasteiger partial charge in [-0.05, 0) is 89.9 Å². The molecule has 0 bridgehead atoms. The number of rotatable bonds is 37. The maximum absolute atomic E-state index is 12.5. The number of carbonyl (C=O) groups is 2. The average molecular weight is 812 g/mol. The Balaban J connectivity index is 4.43. The Morgan fingerprint density at radius 3 is 1.44 bits per heavy atom. The van der Waals surface area contributed by atoms with E-state index in [-0.39, 0.29) is 32.6 Å². The molecule has 10 heteroatoms. The zero-order valence-electron chi connectivity index (χ0n) is 35.0. The topological polar surface area (TPSA) is 134 Å². The van der Waals surface area contributed by atoms with Crippen molar-refractivity contribution in [2.45, 2.75) is 136 Å². The molecule has 0 rings (SSSR count). The minimum atomic E-state index is -4.42. The van der Waals surface area contributed by atoms with Crippen LogP contribution in [-0.4, -0.2) is 49.3 Å². The van der Waals surface area contributed by atoms with Crippen molar-refractivity contribution in [2.75, 3.05) is 26.4 Å². The average Bonchev–Trinajstić information content (AvgIpc) is 3.20. The number of hydrogen-bond acceptors (Lipinski definition) is 8. The van der Waals surface area contributed by atoms with Crippen molar-refractivity contribution in [2.24, 2.45) is 5.73 Å². The fourth-order valence-corrected chi connectivity index (χ4v) is 5.53. The van der Waals surface area contributed by atoms with E-state index in [9.17, 15) is 19.0 Å². The SMILES string of the molecule is CC/C=C\C/C=C\C/C=C\C/C=C\C/C=C\C/C=C\CCC(=O)OC[C@H](COP(=O)(O)OCCN)OC(=O)CCC/C=C\C/C=C\C/C=C\C/C=C\CCCCC. The fraction of sp³-hybridized carbons (Fsp3) is 0.532. The van der Waals surface area contributed by atoms with E-state index in [0.717, 1.165) is 64.2 Å². The van der Waals surface area contributed by atoms with Crippen molar-refractivity contribution in [3.05, 3.63) is 122 Å². The Bertz CT molecular complexity index is 1340. The monoisotopic (exact) mass is 812 g/mol. The normalized spacial score (nSPS) is 14.5. The number of esters is 2. The van der Waals surface area contributed by atoms with Gasteiger partial charge in [-0.1, -0.05) is 148 Å². The molecule has 0 aromatic rings. The minimum absolute atomic E-state index is 0.0279. The molecule has 0 aliphatic heterocycles. The van der Waals surface area contributed by atoms with Gasteiger partial charge in [0.15, 0.2) is 6.10 Å².